The summed E-state index contributed by atoms with van der Waals surface area (Å²) in [4.78, 5) is 0. The first-order chi connectivity index (χ1) is 7.34. The average molecular weight is 203 g/mol. The van der Waals surface area contributed by atoms with E-state index in [1.807, 2.05) is 41.2 Å². The zero-order valence-electron chi connectivity index (χ0n) is 8.34. The summed E-state index contributed by atoms with van der Waals surface area (Å²) in [7, 11) is 0. The Morgan fingerprint density at radius 1 is 1.27 bits per heavy atom. The molecule has 0 aliphatic heterocycles. The van der Waals surface area contributed by atoms with Crippen molar-refractivity contribution < 1.29 is 4.74 Å². The topological polar surface area (TPSA) is 53.1 Å². The van der Waals surface area contributed by atoms with Gasteiger partial charge >= 0.3 is 0 Å². The highest BCUT2D eigenvalue weighted by molar-refractivity contribution is 5.41. The molecule has 1 aromatic carbocycles. The van der Waals surface area contributed by atoms with E-state index in [9.17, 15) is 0 Å². The molecule has 1 aromatic heterocycles. The van der Waals surface area contributed by atoms with Gasteiger partial charge in [-0.05, 0) is 30.3 Å². The minimum absolute atomic E-state index is 0.603. The smallest absolute Gasteiger partial charge is 0.119 e. The molecule has 0 atom stereocenters. The SMILES string of the molecule is Nc1ccc(OCCn2cccn2)cc1. The lowest BCUT2D eigenvalue weighted by Gasteiger charge is -2.06. The lowest BCUT2D eigenvalue weighted by Crippen LogP contribution is -2.08. The highest BCUT2D eigenvalue weighted by Gasteiger charge is 1.94. The lowest BCUT2D eigenvalue weighted by molar-refractivity contribution is 0.291. The van der Waals surface area contributed by atoms with E-state index in [2.05, 4.69) is 5.10 Å². The zero-order valence-corrected chi connectivity index (χ0v) is 8.34. The van der Waals surface area contributed by atoms with Crippen LogP contribution in [-0.2, 0) is 6.54 Å². The zero-order chi connectivity index (χ0) is 10.5. The van der Waals surface area contributed by atoms with Crippen molar-refractivity contribution in [2.75, 3.05) is 12.3 Å². The molecule has 0 unspecified atom stereocenters. The third-order valence-corrected chi connectivity index (χ3v) is 2.03. The predicted molar refractivity (Wildman–Crippen MR) is 58.6 cm³/mol. The van der Waals surface area contributed by atoms with Crippen LogP contribution >= 0.6 is 0 Å². The number of nitrogens with zero attached hydrogens (tertiary/aromatic N) is 2. The van der Waals surface area contributed by atoms with Crippen molar-refractivity contribution in [3.8, 4) is 5.75 Å². The number of nitrogen functional groups attached to an aromatic ring is 1. The fourth-order valence-corrected chi connectivity index (χ4v) is 1.25. The molecule has 0 saturated heterocycles. The number of rotatable bonds is 4. The maximum Gasteiger partial charge on any atom is 0.119 e. The van der Waals surface area contributed by atoms with E-state index in [1.165, 1.54) is 0 Å². The molecule has 2 N–H and O–H groups in total. The van der Waals surface area contributed by atoms with Crippen LogP contribution in [0.1, 0.15) is 0 Å². The second-order valence-corrected chi connectivity index (χ2v) is 3.19. The van der Waals surface area contributed by atoms with E-state index in [0.29, 0.717) is 6.61 Å². The summed E-state index contributed by atoms with van der Waals surface area (Å²) in [5.74, 6) is 0.830. The summed E-state index contributed by atoms with van der Waals surface area (Å²) in [5.41, 5.74) is 6.31. The van der Waals surface area contributed by atoms with Gasteiger partial charge in [0, 0.05) is 18.1 Å². The Morgan fingerprint density at radius 2 is 2.07 bits per heavy atom. The molecule has 15 heavy (non-hydrogen) atoms. The number of hydrogen-bond donors (Lipinski definition) is 1. The van der Waals surface area contributed by atoms with Crippen LogP contribution in [0.4, 0.5) is 5.69 Å². The van der Waals surface area contributed by atoms with Crippen molar-refractivity contribution in [1.29, 1.82) is 0 Å². The molecule has 0 aliphatic carbocycles. The molecule has 0 fully saturated rings. The van der Waals surface area contributed by atoms with E-state index < -0.39 is 0 Å². The van der Waals surface area contributed by atoms with Crippen LogP contribution in [0.2, 0.25) is 0 Å². The third-order valence-electron chi connectivity index (χ3n) is 2.03. The molecule has 2 aromatic rings. The van der Waals surface area contributed by atoms with Crippen LogP contribution in [0.15, 0.2) is 42.7 Å². The van der Waals surface area contributed by atoms with E-state index in [0.717, 1.165) is 18.0 Å². The highest BCUT2D eigenvalue weighted by atomic mass is 16.5. The van der Waals surface area contributed by atoms with Gasteiger partial charge in [-0.3, -0.25) is 4.68 Å². The molecule has 0 bridgehead atoms. The van der Waals surface area contributed by atoms with E-state index in [4.69, 9.17) is 10.5 Å². The Hall–Kier alpha value is -1.97. The molecule has 78 valence electrons. The molecule has 4 heteroatoms. The Labute approximate surface area is 88.3 Å². The quantitative estimate of drug-likeness (QED) is 0.767. The minimum atomic E-state index is 0.603. The van der Waals surface area contributed by atoms with Gasteiger partial charge in [-0.2, -0.15) is 5.10 Å². The molecular weight excluding hydrogens is 190 g/mol. The molecule has 1 heterocycles. The van der Waals surface area contributed by atoms with Crippen molar-refractivity contribution in [1.82, 2.24) is 9.78 Å². The van der Waals surface area contributed by atoms with Gasteiger partial charge < -0.3 is 10.5 Å². The van der Waals surface area contributed by atoms with Gasteiger partial charge in [0.15, 0.2) is 0 Å². The summed E-state index contributed by atoms with van der Waals surface area (Å²) in [5, 5.41) is 4.08. The number of hydrogen-bond acceptors (Lipinski definition) is 3. The molecule has 4 nitrogen and oxygen atoms in total. The largest absolute Gasteiger partial charge is 0.492 e. The Kier molecular flexibility index (Phi) is 2.88. The van der Waals surface area contributed by atoms with Crippen LogP contribution in [0.25, 0.3) is 0 Å². The summed E-state index contributed by atoms with van der Waals surface area (Å²) in [6, 6.07) is 9.26. The van der Waals surface area contributed by atoms with Crippen LogP contribution in [0, 0.1) is 0 Å². The minimum Gasteiger partial charge on any atom is -0.492 e. The molecule has 0 radical (unpaired) electrons. The van der Waals surface area contributed by atoms with Gasteiger partial charge in [-0.15, -0.1) is 0 Å². The second-order valence-electron chi connectivity index (χ2n) is 3.19. The second kappa shape index (κ2) is 4.50. The van der Waals surface area contributed by atoms with Crippen molar-refractivity contribution in [3.05, 3.63) is 42.7 Å². The van der Waals surface area contributed by atoms with E-state index in [1.54, 1.807) is 6.20 Å². The molecule has 0 saturated carbocycles. The van der Waals surface area contributed by atoms with Crippen LogP contribution < -0.4 is 10.5 Å². The fraction of sp³-hybridized carbons (Fsp3) is 0.182. The molecule has 0 spiro atoms. The fourth-order valence-electron chi connectivity index (χ4n) is 1.25. The monoisotopic (exact) mass is 203 g/mol. The summed E-state index contributed by atoms with van der Waals surface area (Å²) >= 11 is 0. The van der Waals surface area contributed by atoms with Crippen molar-refractivity contribution in [2.45, 2.75) is 6.54 Å². The standard InChI is InChI=1S/C11H13N3O/c12-10-2-4-11(5-3-10)15-9-8-14-7-1-6-13-14/h1-7H,8-9,12H2. The van der Waals surface area contributed by atoms with Crippen LogP contribution in [0.5, 0.6) is 5.75 Å². The molecular formula is C11H13N3O. The van der Waals surface area contributed by atoms with Gasteiger partial charge in [-0.1, -0.05) is 0 Å². The van der Waals surface area contributed by atoms with Crippen LogP contribution in [-0.4, -0.2) is 16.4 Å². The number of nitrogens with two attached hydrogens (primary N) is 1. The maximum absolute atomic E-state index is 5.56. The average Bonchev–Trinajstić information content (AvgIpc) is 2.74. The Morgan fingerprint density at radius 3 is 2.73 bits per heavy atom. The predicted octanol–water partition coefficient (Wildman–Crippen LogP) is 1.54. The van der Waals surface area contributed by atoms with Crippen molar-refractivity contribution >= 4 is 5.69 Å². The van der Waals surface area contributed by atoms with Gasteiger partial charge in [0.05, 0.1) is 6.54 Å². The lowest BCUT2D eigenvalue weighted by atomic mass is 10.3. The van der Waals surface area contributed by atoms with Gasteiger partial charge in [0.1, 0.15) is 12.4 Å². The first kappa shape index (κ1) is 9.58. The summed E-state index contributed by atoms with van der Waals surface area (Å²) < 4.78 is 7.35. The van der Waals surface area contributed by atoms with E-state index >= 15 is 0 Å². The summed E-state index contributed by atoms with van der Waals surface area (Å²) in [6.45, 7) is 1.35. The van der Waals surface area contributed by atoms with Crippen LogP contribution in [0.3, 0.4) is 0 Å². The highest BCUT2D eigenvalue weighted by Crippen LogP contribution is 2.12. The maximum atomic E-state index is 5.56. The Balaban J connectivity index is 1.81. The third kappa shape index (κ3) is 2.74. The molecule has 2 rings (SSSR count). The first-order valence-corrected chi connectivity index (χ1v) is 4.80. The number of benzene rings is 1. The summed E-state index contributed by atoms with van der Waals surface area (Å²) in [6.07, 6.45) is 3.66. The number of ether oxygens (including phenoxy) is 1. The number of anilines is 1. The van der Waals surface area contributed by atoms with Gasteiger partial charge in [-0.25, -0.2) is 0 Å². The van der Waals surface area contributed by atoms with Gasteiger partial charge in [0.2, 0.25) is 0 Å². The molecule has 0 aliphatic rings. The van der Waals surface area contributed by atoms with E-state index in [-0.39, 0.29) is 0 Å². The first-order valence-electron chi connectivity index (χ1n) is 4.80. The Bertz CT molecular complexity index is 394. The van der Waals surface area contributed by atoms with Crippen molar-refractivity contribution in [2.24, 2.45) is 0 Å². The van der Waals surface area contributed by atoms with Crippen molar-refractivity contribution in [3.63, 3.8) is 0 Å². The number of aromatic nitrogens is 2. The van der Waals surface area contributed by atoms with Gasteiger partial charge in [0.25, 0.3) is 0 Å². The molecule has 0 amide bonds. The normalized spacial score (nSPS) is 10.1.